The fourth-order valence-corrected chi connectivity index (χ4v) is 1.71. The minimum Gasteiger partial charge on any atom is -0.444 e. The zero-order valence-electron chi connectivity index (χ0n) is 11.5. The first-order valence-electron chi connectivity index (χ1n) is 6.06. The fraction of sp³-hybridized carbons (Fsp3) is 0.909. The predicted octanol–water partition coefficient (Wildman–Crippen LogP) is -2.37. The normalized spacial score (nSPS) is 38.4. The second kappa shape index (κ2) is 5.80. The van der Waals surface area contributed by atoms with Crippen molar-refractivity contribution in [3.8, 4) is 0 Å². The molecule has 0 saturated carbocycles. The molecule has 5 atom stereocenters. The molecule has 9 heteroatoms. The van der Waals surface area contributed by atoms with Crippen LogP contribution in [0.2, 0.25) is 0 Å². The van der Waals surface area contributed by atoms with Gasteiger partial charge in [-0.2, -0.15) is 0 Å². The van der Waals surface area contributed by atoms with Gasteiger partial charge < -0.3 is 35.0 Å². The Morgan fingerprint density at radius 1 is 1.30 bits per heavy atom. The summed E-state index contributed by atoms with van der Waals surface area (Å²) in [7, 11) is 0. The number of hydrogen-bond donors (Lipinski definition) is 6. The van der Waals surface area contributed by atoms with E-state index < -0.39 is 48.6 Å². The molecule has 0 aliphatic carbocycles. The minimum absolute atomic E-state index is 0.733. The molecule has 0 aromatic rings. The molecule has 20 heavy (non-hydrogen) atoms. The van der Waals surface area contributed by atoms with E-state index in [4.69, 9.17) is 14.6 Å². The number of nitrogens with one attached hydrogen (secondary N) is 1. The molecule has 0 aromatic carbocycles. The molecule has 0 bridgehead atoms. The average molecular weight is 295 g/mol. The Balaban J connectivity index is 2.82. The lowest BCUT2D eigenvalue weighted by Gasteiger charge is -2.45. The van der Waals surface area contributed by atoms with Crippen molar-refractivity contribution in [2.45, 2.75) is 56.7 Å². The Hall–Kier alpha value is -0.970. The van der Waals surface area contributed by atoms with E-state index >= 15 is 0 Å². The van der Waals surface area contributed by atoms with Crippen LogP contribution in [-0.4, -0.2) is 74.2 Å². The quantitative estimate of drug-likeness (QED) is 0.310. The van der Waals surface area contributed by atoms with E-state index in [1.165, 1.54) is 0 Å². The maximum atomic E-state index is 11.6. The second-order valence-electron chi connectivity index (χ2n) is 5.59. The van der Waals surface area contributed by atoms with Gasteiger partial charge >= 0.3 is 6.09 Å². The van der Waals surface area contributed by atoms with E-state index in [0.717, 1.165) is 0 Å². The third-order valence-corrected chi connectivity index (χ3v) is 2.65. The van der Waals surface area contributed by atoms with Crippen LogP contribution in [0.5, 0.6) is 0 Å². The third-order valence-electron chi connectivity index (χ3n) is 2.65. The molecular formula is C11H21NO8. The summed E-state index contributed by atoms with van der Waals surface area (Å²) in [4.78, 5) is 11.6. The Morgan fingerprint density at radius 2 is 1.85 bits per heavy atom. The van der Waals surface area contributed by atoms with Crippen LogP contribution in [0.1, 0.15) is 20.8 Å². The standard InChI is InChI=1S/C11H21NO8/c1-10(2,3)20-9(17)12-11(18)8(16)7(15)6(14)5(4-13)19-11/h5-8,13-16,18H,4H2,1-3H3,(H,12,17)/t5-,6-,7+,8-,11+/m1/s1. The molecule has 1 rings (SSSR count). The molecular weight excluding hydrogens is 274 g/mol. The SMILES string of the molecule is CC(C)(C)OC(=O)N[C@@]1(O)O[C@H](CO)[C@@H](O)[C@H](O)[C@H]1O. The van der Waals surface area contributed by atoms with Crippen molar-refractivity contribution in [2.75, 3.05) is 6.61 Å². The summed E-state index contributed by atoms with van der Waals surface area (Å²) in [5.74, 6) is -2.69. The second-order valence-corrected chi connectivity index (χ2v) is 5.59. The first-order valence-corrected chi connectivity index (χ1v) is 6.06. The molecule has 0 unspecified atom stereocenters. The topological polar surface area (TPSA) is 149 Å². The number of aliphatic hydroxyl groups excluding tert-OH is 4. The molecule has 1 aliphatic rings. The lowest BCUT2D eigenvalue weighted by molar-refractivity contribution is -0.357. The van der Waals surface area contributed by atoms with Crippen LogP contribution in [0, 0.1) is 0 Å². The molecule has 0 spiro atoms. The highest BCUT2D eigenvalue weighted by molar-refractivity contribution is 5.68. The van der Waals surface area contributed by atoms with Crippen molar-refractivity contribution >= 4 is 6.09 Å². The molecule has 1 fully saturated rings. The van der Waals surface area contributed by atoms with Gasteiger partial charge in [0, 0.05) is 0 Å². The molecule has 1 aliphatic heterocycles. The predicted molar refractivity (Wildman–Crippen MR) is 64.3 cm³/mol. The van der Waals surface area contributed by atoms with E-state index in [9.17, 15) is 25.2 Å². The van der Waals surface area contributed by atoms with Crippen LogP contribution < -0.4 is 5.32 Å². The van der Waals surface area contributed by atoms with E-state index in [-0.39, 0.29) is 0 Å². The van der Waals surface area contributed by atoms with Crippen LogP contribution in [-0.2, 0) is 9.47 Å². The zero-order valence-corrected chi connectivity index (χ0v) is 11.5. The van der Waals surface area contributed by atoms with Gasteiger partial charge in [-0.05, 0) is 20.8 Å². The summed E-state index contributed by atoms with van der Waals surface area (Å²) in [6.07, 6.45) is -7.93. The van der Waals surface area contributed by atoms with Crippen LogP contribution in [0.3, 0.4) is 0 Å². The van der Waals surface area contributed by atoms with Crippen LogP contribution in [0.4, 0.5) is 4.79 Å². The van der Waals surface area contributed by atoms with E-state index in [1.807, 2.05) is 5.32 Å². The smallest absolute Gasteiger partial charge is 0.411 e. The van der Waals surface area contributed by atoms with Crippen LogP contribution in [0.15, 0.2) is 0 Å². The highest BCUT2D eigenvalue weighted by atomic mass is 16.7. The van der Waals surface area contributed by atoms with Gasteiger partial charge in [0.25, 0.3) is 5.91 Å². The summed E-state index contributed by atoms with van der Waals surface area (Å²) < 4.78 is 9.71. The van der Waals surface area contributed by atoms with Gasteiger partial charge in [0.2, 0.25) is 0 Å². The van der Waals surface area contributed by atoms with Gasteiger partial charge in [-0.15, -0.1) is 0 Å². The maximum Gasteiger partial charge on any atom is 0.411 e. The molecule has 1 amide bonds. The number of aliphatic hydroxyl groups is 5. The highest BCUT2D eigenvalue weighted by Gasteiger charge is 2.54. The summed E-state index contributed by atoms with van der Waals surface area (Å²) in [6.45, 7) is 4.03. The summed E-state index contributed by atoms with van der Waals surface area (Å²) in [5.41, 5.74) is -0.853. The summed E-state index contributed by atoms with van der Waals surface area (Å²) in [6, 6.07) is 0. The van der Waals surface area contributed by atoms with E-state index in [1.54, 1.807) is 20.8 Å². The average Bonchev–Trinajstić information content (AvgIpc) is 2.29. The van der Waals surface area contributed by atoms with Crippen molar-refractivity contribution in [1.82, 2.24) is 5.32 Å². The number of amides is 1. The lowest BCUT2D eigenvalue weighted by Crippen LogP contribution is -2.71. The number of carbonyl (C=O) groups excluding carboxylic acids is 1. The maximum absolute atomic E-state index is 11.6. The van der Waals surface area contributed by atoms with Crippen molar-refractivity contribution in [2.24, 2.45) is 0 Å². The third kappa shape index (κ3) is 3.78. The fourth-order valence-electron chi connectivity index (χ4n) is 1.71. The van der Waals surface area contributed by atoms with Gasteiger partial charge in [0.1, 0.15) is 23.9 Å². The Labute approximate surface area is 115 Å². The Bertz CT molecular complexity index is 355. The Morgan fingerprint density at radius 3 is 2.30 bits per heavy atom. The van der Waals surface area contributed by atoms with E-state index in [0.29, 0.717) is 0 Å². The number of carbonyl (C=O) groups is 1. The highest BCUT2D eigenvalue weighted by Crippen LogP contribution is 2.26. The summed E-state index contributed by atoms with van der Waals surface area (Å²) >= 11 is 0. The summed E-state index contributed by atoms with van der Waals surface area (Å²) in [5, 5.41) is 49.7. The monoisotopic (exact) mass is 295 g/mol. The molecule has 118 valence electrons. The van der Waals surface area contributed by atoms with Crippen molar-refractivity contribution < 1.29 is 39.8 Å². The number of alkyl carbamates (subject to hydrolysis) is 1. The van der Waals surface area contributed by atoms with Crippen molar-refractivity contribution in [1.29, 1.82) is 0 Å². The van der Waals surface area contributed by atoms with Gasteiger partial charge in [0.05, 0.1) is 6.61 Å². The molecule has 0 radical (unpaired) electrons. The van der Waals surface area contributed by atoms with Crippen molar-refractivity contribution in [3.63, 3.8) is 0 Å². The molecule has 6 N–H and O–H groups in total. The van der Waals surface area contributed by atoms with Gasteiger partial charge in [-0.1, -0.05) is 0 Å². The zero-order chi connectivity index (χ0) is 15.7. The molecule has 9 nitrogen and oxygen atoms in total. The number of hydrogen-bond acceptors (Lipinski definition) is 8. The molecule has 1 saturated heterocycles. The first-order chi connectivity index (χ1) is 9.00. The van der Waals surface area contributed by atoms with Crippen LogP contribution >= 0.6 is 0 Å². The van der Waals surface area contributed by atoms with Crippen LogP contribution in [0.25, 0.3) is 0 Å². The number of rotatable bonds is 2. The Kier molecular flexibility index (Phi) is 4.95. The van der Waals surface area contributed by atoms with Crippen molar-refractivity contribution in [3.05, 3.63) is 0 Å². The first kappa shape index (κ1) is 17.1. The lowest BCUT2D eigenvalue weighted by atomic mass is 9.96. The number of ether oxygens (including phenoxy) is 2. The van der Waals surface area contributed by atoms with Gasteiger partial charge in [-0.3, -0.25) is 5.32 Å². The largest absolute Gasteiger partial charge is 0.444 e. The minimum atomic E-state index is -2.69. The van der Waals surface area contributed by atoms with Gasteiger partial charge in [0.15, 0.2) is 6.10 Å². The van der Waals surface area contributed by atoms with Gasteiger partial charge in [-0.25, -0.2) is 4.79 Å². The van der Waals surface area contributed by atoms with E-state index in [2.05, 4.69) is 0 Å². The molecule has 1 heterocycles. The molecule has 0 aromatic heterocycles.